The van der Waals surface area contributed by atoms with E-state index in [1.54, 1.807) is 0 Å². The molecule has 0 amide bonds. The molecular formula is C60H45N. The summed E-state index contributed by atoms with van der Waals surface area (Å²) >= 11 is 0. The van der Waals surface area contributed by atoms with Crippen molar-refractivity contribution < 1.29 is 0 Å². The van der Waals surface area contributed by atoms with E-state index in [2.05, 4.69) is 244 Å². The number of hydrogen-bond donors (Lipinski definition) is 0. The second-order valence-electron chi connectivity index (χ2n) is 17.6. The Morgan fingerprint density at radius 2 is 0.541 bits per heavy atom. The number of nitrogens with zero attached hydrogens (tertiary/aromatic N) is 1. The van der Waals surface area contributed by atoms with Gasteiger partial charge in [0.1, 0.15) is 0 Å². The van der Waals surface area contributed by atoms with Crippen LogP contribution in [0.3, 0.4) is 0 Å². The summed E-state index contributed by atoms with van der Waals surface area (Å²) in [4.78, 5) is 2.51. The third-order valence-corrected chi connectivity index (χ3v) is 14.7. The fourth-order valence-corrected chi connectivity index (χ4v) is 11.6. The van der Waals surface area contributed by atoms with Crippen LogP contribution in [0.1, 0.15) is 70.8 Å². The lowest BCUT2D eigenvalue weighted by atomic mass is 9.74. The monoisotopic (exact) mass is 779 g/mol. The van der Waals surface area contributed by atoms with Gasteiger partial charge >= 0.3 is 0 Å². The smallest absolute Gasteiger partial charge is 0.0468 e. The lowest BCUT2D eigenvalue weighted by Crippen LogP contribution is -2.23. The molecule has 0 fully saturated rings. The second-order valence-corrected chi connectivity index (χ2v) is 17.6. The van der Waals surface area contributed by atoms with Crippen molar-refractivity contribution in [2.45, 2.75) is 37.0 Å². The van der Waals surface area contributed by atoms with Crippen LogP contribution in [0.4, 0.5) is 17.1 Å². The van der Waals surface area contributed by atoms with E-state index in [1.165, 1.54) is 83.5 Å². The van der Waals surface area contributed by atoms with Crippen LogP contribution in [0.15, 0.2) is 218 Å². The van der Waals surface area contributed by atoms with Crippen LogP contribution in [-0.2, 0) is 16.2 Å². The van der Waals surface area contributed by atoms with Crippen molar-refractivity contribution in [2.24, 2.45) is 0 Å². The Labute approximate surface area is 359 Å². The number of rotatable bonds is 6. The fraction of sp³-hybridized carbons (Fsp3) is 0.100. The molecule has 0 heterocycles. The molecule has 1 nitrogen and oxygen atoms in total. The number of fused-ring (bicyclic) bond motifs is 9. The van der Waals surface area contributed by atoms with E-state index in [0.29, 0.717) is 0 Å². The van der Waals surface area contributed by atoms with Crippen LogP contribution in [0.25, 0.3) is 33.4 Å². The van der Waals surface area contributed by atoms with Gasteiger partial charge in [0.25, 0.3) is 0 Å². The Morgan fingerprint density at radius 1 is 0.246 bits per heavy atom. The third kappa shape index (κ3) is 4.89. The molecule has 3 atom stereocenters. The number of hydrogen-bond acceptors (Lipinski definition) is 1. The summed E-state index contributed by atoms with van der Waals surface area (Å²) in [6, 6.07) is 81.7. The predicted molar refractivity (Wildman–Crippen MR) is 253 cm³/mol. The van der Waals surface area contributed by atoms with E-state index in [0.717, 1.165) is 17.1 Å². The molecule has 0 radical (unpaired) electrons. The topological polar surface area (TPSA) is 3.24 Å². The molecule has 3 aliphatic rings. The first kappa shape index (κ1) is 35.7. The summed E-state index contributed by atoms with van der Waals surface area (Å²) in [7, 11) is 0. The average molecular weight is 780 g/mol. The molecule has 0 spiro atoms. The Kier molecular flexibility index (Phi) is 7.69. The van der Waals surface area contributed by atoms with Gasteiger partial charge < -0.3 is 4.90 Å². The first-order valence-electron chi connectivity index (χ1n) is 21.6. The highest BCUT2D eigenvalue weighted by Gasteiger charge is 2.44. The van der Waals surface area contributed by atoms with Crippen molar-refractivity contribution in [3.05, 3.63) is 268 Å². The largest absolute Gasteiger partial charge is 0.310 e. The molecule has 0 N–H and O–H groups in total. The number of anilines is 3. The molecule has 290 valence electrons. The third-order valence-electron chi connectivity index (χ3n) is 14.7. The second kappa shape index (κ2) is 13.1. The first-order chi connectivity index (χ1) is 29.9. The Bertz CT molecular complexity index is 3040. The van der Waals surface area contributed by atoms with Crippen molar-refractivity contribution in [1.29, 1.82) is 0 Å². The van der Waals surface area contributed by atoms with Gasteiger partial charge in [0.2, 0.25) is 0 Å². The van der Waals surface area contributed by atoms with E-state index in [-0.39, 0.29) is 16.2 Å². The van der Waals surface area contributed by atoms with Crippen molar-refractivity contribution in [1.82, 2.24) is 0 Å². The van der Waals surface area contributed by atoms with Crippen molar-refractivity contribution in [3.8, 4) is 33.4 Å². The Morgan fingerprint density at radius 3 is 0.967 bits per heavy atom. The molecule has 0 saturated carbocycles. The van der Waals surface area contributed by atoms with Gasteiger partial charge in [-0.1, -0.05) is 182 Å². The fourth-order valence-electron chi connectivity index (χ4n) is 11.6. The van der Waals surface area contributed by atoms with Crippen molar-refractivity contribution in [2.75, 3.05) is 4.90 Å². The molecule has 0 aliphatic heterocycles. The molecule has 0 aromatic heterocycles. The number of benzene rings is 9. The summed E-state index contributed by atoms with van der Waals surface area (Å²) in [5, 5.41) is 0. The highest BCUT2D eigenvalue weighted by atomic mass is 15.1. The van der Waals surface area contributed by atoms with Crippen LogP contribution in [0.5, 0.6) is 0 Å². The Balaban J connectivity index is 1.10. The van der Waals surface area contributed by atoms with Crippen LogP contribution in [0.2, 0.25) is 0 Å². The molecule has 9 aromatic carbocycles. The van der Waals surface area contributed by atoms with Gasteiger partial charge in [-0.05, 0) is 141 Å². The molecule has 1 heteroatoms. The molecule has 0 bridgehead atoms. The molecule has 61 heavy (non-hydrogen) atoms. The molecule has 3 unspecified atom stereocenters. The van der Waals surface area contributed by atoms with Gasteiger partial charge in [0.15, 0.2) is 0 Å². The lowest BCUT2D eigenvalue weighted by Gasteiger charge is -2.32. The molecular weight excluding hydrogens is 735 g/mol. The van der Waals surface area contributed by atoms with Crippen LogP contribution >= 0.6 is 0 Å². The summed E-state index contributed by atoms with van der Waals surface area (Å²) in [5.41, 5.74) is 22.3. The normalized spacial score (nSPS) is 19.9. The standard InChI is InChI=1S/C60H45N/c1-58(40-19-7-4-8-20-40)53-29-17-14-26-47(53)50-37-43(32-35-55(50)58)61(44-33-36-56-51(38-44)48-27-15-18-30-54(48)59(56,2)41-21-9-5-10-22-41)45-31-34-49-46-25-13-16-28-52(46)60(3,57(49)39-45)42-23-11-6-12-24-42/h4-39H,1-3H3. The zero-order valence-electron chi connectivity index (χ0n) is 34.7. The minimum Gasteiger partial charge on any atom is -0.310 e. The first-order valence-corrected chi connectivity index (χ1v) is 21.6. The van der Waals surface area contributed by atoms with Crippen LogP contribution in [-0.4, -0.2) is 0 Å². The lowest BCUT2D eigenvalue weighted by molar-refractivity contribution is 0.713. The van der Waals surface area contributed by atoms with Gasteiger partial charge in [-0.25, -0.2) is 0 Å². The molecule has 3 aliphatic carbocycles. The van der Waals surface area contributed by atoms with E-state index >= 15 is 0 Å². The van der Waals surface area contributed by atoms with Gasteiger partial charge in [-0.3, -0.25) is 0 Å². The highest BCUT2D eigenvalue weighted by molar-refractivity contribution is 5.93. The van der Waals surface area contributed by atoms with E-state index < -0.39 is 0 Å². The minimum absolute atomic E-state index is 0.271. The zero-order valence-corrected chi connectivity index (χ0v) is 34.7. The Hall–Kier alpha value is -7.22. The minimum atomic E-state index is -0.322. The molecule has 9 aromatic rings. The predicted octanol–water partition coefficient (Wildman–Crippen LogP) is 15.2. The SMILES string of the molecule is CC1(c2ccccc2)c2ccccc2-c2cc(N(c3ccc4c(c3)-c3ccccc3C4(C)c3ccccc3)c3ccc4c(c3)C(C)(c3ccccc3)c3ccccc3-4)ccc21. The van der Waals surface area contributed by atoms with Gasteiger partial charge in [-0.15, -0.1) is 0 Å². The van der Waals surface area contributed by atoms with Crippen molar-refractivity contribution >= 4 is 17.1 Å². The summed E-state index contributed by atoms with van der Waals surface area (Å²) < 4.78 is 0. The van der Waals surface area contributed by atoms with Crippen molar-refractivity contribution in [3.63, 3.8) is 0 Å². The highest BCUT2D eigenvalue weighted by Crippen LogP contribution is 2.58. The summed E-state index contributed by atoms with van der Waals surface area (Å²) in [6.07, 6.45) is 0. The summed E-state index contributed by atoms with van der Waals surface area (Å²) in [6.45, 7) is 7.21. The summed E-state index contributed by atoms with van der Waals surface area (Å²) in [5.74, 6) is 0. The van der Waals surface area contributed by atoms with Crippen LogP contribution < -0.4 is 4.90 Å². The van der Waals surface area contributed by atoms with E-state index in [9.17, 15) is 0 Å². The van der Waals surface area contributed by atoms with E-state index in [4.69, 9.17) is 0 Å². The maximum absolute atomic E-state index is 2.51. The van der Waals surface area contributed by atoms with Gasteiger partial charge in [0.05, 0.1) is 0 Å². The molecule has 0 saturated heterocycles. The van der Waals surface area contributed by atoms with E-state index in [1.807, 2.05) is 0 Å². The van der Waals surface area contributed by atoms with Gasteiger partial charge in [-0.2, -0.15) is 0 Å². The van der Waals surface area contributed by atoms with Crippen LogP contribution in [0, 0.1) is 0 Å². The average Bonchev–Trinajstić information content (AvgIpc) is 3.86. The quantitative estimate of drug-likeness (QED) is 0.162. The zero-order chi connectivity index (χ0) is 40.9. The molecule has 12 rings (SSSR count). The van der Waals surface area contributed by atoms with Gasteiger partial charge in [0, 0.05) is 33.3 Å². The maximum atomic E-state index is 2.51. The maximum Gasteiger partial charge on any atom is 0.0468 e.